The number of alkyl halides is 2. The number of hydrogen-bond donors (Lipinski definition) is 1. The Morgan fingerprint density at radius 1 is 1.15 bits per heavy atom. The summed E-state index contributed by atoms with van der Waals surface area (Å²) in [7, 11) is 0. The molecule has 27 heavy (non-hydrogen) atoms. The Morgan fingerprint density at radius 3 is 2.59 bits per heavy atom. The quantitative estimate of drug-likeness (QED) is 0.597. The monoisotopic (exact) mass is 408 g/mol. The molecule has 1 aliphatic heterocycles. The van der Waals surface area contributed by atoms with Gasteiger partial charge < -0.3 is 9.87 Å². The third-order valence-electron chi connectivity index (χ3n) is 5.05. The molecule has 2 heterocycles. The Labute approximate surface area is 164 Å². The van der Waals surface area contributed by atoms with Gasteiger partial charge in [0.25, 0.3) is 6.43 Å². The lowest BCUT2D eigenvalue weighted by Gasteiger charge is -2.24. The van der Waals surface area contributed by atoms with Crippen molar-refractivity contribution in [2.45, 2.75) is 30.1 Å². The second kappa shape index (κ2) is 7.80. The van der Waals surface area contributed by atoms with E-state index in [-0.39, 0.29) is 11.5 Å². The highest BCUT2D eigenvalue weighted by Crippen LogP contribution is 2.39. The minimum atomic E-state index is -2.63. The lowest BCUT2D eigenvalue weighted by molar-refractivity contribution is 0.153. The van der Waals surface area contributed by atoms with Crippen LogP contribution >= 0.6 is 11.6 Å². The van der Waals surface area contributed by atoms with Crippen molar-refractivity contribution in [3.63, 3.8) is 0 Å². The fourth-order valence-electron chi connectivity index (χ4n) is 3.78. The van der Waals surface area contributed by atoms with Gasteiger partial charge >= 0.3 is 0 Å². The van der Waals surface area contributed by atoms with Crippen molar-refractivity contribution in [1.82, 2.24) is 9.29 Å². The van der Waals surface area contributed by atoms with Crippen molar-refractivity contribution < 1.29 is 13.3 Å². The maximum Gasteiger partial charge on any atom is 0.266 e. The zero-order valence-corrected chi connectivity index (χ0v) is 16.1. The highest BCUT2D eigenvalue weighted by atomic mass is 35.5. The number of nitrogens with one attached hydrogen (secondary N) is 1. The van der Waals surface area contributed by atoms with Crippen LogP contribution in [0, 0.1) is 0 Å². The van der Waals surface area contributed by atoms with E-state index >= 15 is 0 Å². The van der Waals surface area contributed by atoms with E-state index in [0.717, 1.165) is 31.5 Å². The van der Waals surface area contributed by atoms with Crippen LogP contribution in [0.3, 0.4) is 0 Å². The second-order valence-electron chi connectivity index (χ2n) is 6.68. The Balaban J connectivity index is 1.87. The molecule has 7 heteroatoms. The number of halogens is 3. The van der Waals surface area contributed by atoms with E-state index in [9.17, 15) is 13.3 Å². The molecule has 1 aromatic heterocycles. The van der Waals surface area contributed by atoms with Gasteiger partial charge in [0, 0.05) is 22.0 Å². The molecular formula is C20H19ClF2N2OS. The lowest BCUT2D eigenvalue weighted by atomic mass is 9.87. The van der Waals surface area contributed by atoms with Crippen molar-refractivity contribution in [3.05, 3.63) is 64.8 Å². The molecule has 3 aromatic rings. The van der Waals surface area contributed by atoms with E-state index in [1.54, 1.807) is 30.3 Å². The minimum Gasteiger partial charge on any atom is -0.587 e. The summed E-state index contributed by atoms with van der Waals surface area (Å²) in [6.45, 7) is 1.75. The summed E-state index contributed by atoms with van der Waals surface area (Å²) in [5, 5.41) is 4.30. The fourth-order valence-corrected chi connectivity index (χ4v) is 5.23. The van der Waals surface area contributed by atoms with Crippen LogP contribution in [0.15, 0.2) is 53.6 Å². The molecular weight excluding hydrogens is 390 g/mol. The third-order valence-corrected chi connectivity index (χ3v) is 6.60. The largest absolute Gasteiger partial charge is 0.587 e. The molecule has 1 saturated heterocycles. The molecule has 1 aliphatic rings. The van der Waals surface area contributed by atoms with Crippen molar-refractivity contribution in [1.29, 1.82) is 0 Å². The zero-order valence-electron chi connectivity index (χ0n) is 14.5. The Kier molecular flexibility index (Phi) is 5.41. The predicted octanol–water partition coefficient (Wildman–Crippen LogP) is 5.27. The first-order valence-electron chi connectivity index (χ1n) is 8.87. The standard InChI is InChI=1S/C20H19ClF2N2OS/c21-14-3-1-4-15(11-14)27(26)25-12-17(20(22)23)19-16(5-2-6-18(19)25)13-7-9-24-10-8-13/h1-6,11-13,20,24H,7-10H2. The number of rotatable bonds is 4. The number of benzene rings is 2. The lowest BCUT2D eigenvalue weighted by Crippen LogP contribution is -2.26. The first kappa shape index (κ1) is 18.7. The van der Waals surface area contributed by atoms with E-state index in [0.29, 0.717) is 20.8 Å². The van der Waals surface area contributed by atoms with Gasteiger partial charge in [0.2, 0.25) is 0 Å². The van der Waals surface area contributed by atoms with Crippen LogP contribution in [0.1, 0.15) is 36.3 Å². The van der Waals surface area contributed by atoms with Gasteiger partial charge in [0.1, 0.15) is 11.4 Å². The van der Waals surface area contributed by atoms with E-state index in [1.807, 2.05) is 12.1 Å². The molecule has 0 aliphatic carbocycles. The Bertz CT molecular complexity index is 956. The average Bonchev–Trinajstić information content (AvgIpc) is 3.08. The van der Waals surface area contributed by atoms with Crippen LogP contribution in [-0.2, 0) is 11.4 Å². The first-order chi connectivity index (χ1) is 13.1. The summed E-state index contributed by atoms with van der Waals surface area (Å²) in [5.74, 6) is 0.225. The molecule has 0 radical (unpaired) electrons. The number of aromatic nitrogens is 1. The van der Waals surface area contributed by atoms with Crippen LogP contribution in [0.5, 0.6) is 0 Å². The van der Waals surface area contributed by atoms with Gasteiger partial charge in [-0.15, -0.1) is 0 Å². The highest BCUT2D eigenvalue weighted by molar-refractivity contribution is 7.90. The molecule has 0 amide bonds. The van der Waals surface area contributed by atoms with Crippen LogP contribution < -0.4 is 5.32 Å². The molecule has 0 spiro atoms. The smallest absolute Gasteiger partial charge is 0.266 e. The van der Waals surface area contributed by atoms with Crippen LogP contribution in [0.4, 0.5) is 8.78 Å². The number of fused-ring (bicyclic) bond motifs is 1. The van der Waals surface area contributed by atoms with Crippen LogP contribution in [0.2, 0.25) is 5.02 Å². The Morgan fingerprint density at radius 2 is 1.89 bits per heavy atom. The van der Waals surface area contributed by atoms with Crippen molar-refractivity contribution >= 4 is 33.9 Å². The molecule has 1 N–H and O–H groups in total. The summed E-state index contributed by atoms with van der Waals surface area (Å²) in [4.78, 5) is 0.479. The minimum absolute atomic E-state index is 0.0606. The van der Waals surface area contributed by atoms with Gasteiger partial charge in [0.15, 0.2) is 4.90 Å². The summed E-state index contributed by atoms with van der Waals surface area (Å²) in [5.41, 5.74) is 1.43. The first-order valence-corrected chi connectivity index (χ1v) is 10.4. The van der Waals surface area contributed by atoms with Gasteiger partial charge in [-0.25, -0.2) is 8.78 Å². The topological polar surface area (TPSA) is 40.0 Å². The SMILES string of the molecule is [O-][S+](c1cccc(Cl)c1)n1cc(C(F)F)c2c(C3CCNCC3)cccc21. The molecule has 0 saturated carbocycles. The highest BCUT2D eigenvalue weighted by Gasteiger charge is 2.28. The maximum absolute atomic E-state index is 13.8. The van der Waals surface area contributed by atoms with E-state index < -0.39 is 17.8 Å². The predicted molar refractivity (Wildman–Crippen MR) is 105 cm³/mol. The number of piperidine rings is 1. The van der Waals surface area contributed by atoms with Crippen molar-refractivity contribution in [2.24, 2.45) is 0 Å². The van der Waals surface area contributed by atoms with Crippen molar-refractivity contribution in [2.75, 3.05) is 13.1 Å². The molecule has 1 atom stereocenters. The molecule has 1 unspecified atom stereocenters. The van der Waals surface area contributed by atoms with Crippen LogP contribution in [-0.4, -0.2) is 21.6 Å². The number of nitrogens with zero attached hydrogens (tertiary/aromatic N) is 1. The van der Waals surface area contributed by atoms with Crippen molar-refractivity contribution in [3.8, 4) is 0 Å². The Hall–Kier alpha value is -1.60. The normalized spacial score (nSPS) is 16.9. The third kappa shape index (κ3) is 3.59. The molecule has 4 rings (SSSR count). The molecule has 142 valence electrons. The average molecular weight is 409 g/mol. The van der Waals surface area contributed by atoms with Gasteiger partial charge in [-0.1, -0.05) is 29.8 Å². The second-order valence-corrected chi connectivity index (χ2v) is 8.48. The summed E-state index contributed by atoms with van der Waals surface area (Å²) in [6, 6.07) is 12.2. The summed E-state index contributed by atoms with van der Waals surface area (Å²) in [6.07, 6.45) is 0.513. The zero-order chi connectivity index (χ0) is 19.0. The summed E-state index contributed by atoms with van der Waals surface area (Å²) >= 11 is 4.35. The fraction of sp³-hybridized carbons (Fsp3) is 0.300. The maximum atomic E-state index is 13.8. The van der Waals surface area contributed by atoms with Crippen LogP contribution in [0.25, 0.3) is 10.9 Å². The van der Waals surface area contributed by atoms with Gasteiger partial charge in [-0.2, -0.15) is 3.97 Å². The van der Waals surface area contributed by atoms with E-state index in [2.05, 4.69) is 5.32 Å². The van der Waals surface area contributed by atoms with E-state index in [1.165, 1.54) is 10.2 Å². The number of hydrogen-bond acceptors (Lipinski definition) is 2. The van der Waals surface area contributed by atoms with Gasteiger partial charge in [-0.3, -0.25) is 0 Å². The molecule has 0 bridgehead atoms. The molecule has 1 fully saturated rings. The molecule has 2 aromatic carbocycles. The molecule has 3 nitrogen and oxygen atoms in total. The van der Waals surface area contributed by atoms with Gasteiger partial charge in [0.05, 0.1) is 11.7 Å². The van der Waals surface area contributed by atoms with E-state index in [4.69, 9.17) is 11.6 Å². The summed E-state index contributed by atoms with van der Waals surface area (Å²) < 4.78 is 42.2. The van der Waals surface area contributed by atoms with Gasteiger partial charge in [-0.05, 0) is 55.6 Å².